The van der Waals surface area contributed by atoms with Crippen LogP contribution in [-0.4, -0.2) is 28.3 Å². The highest BCUT2D eigenvalue weighted by Gasteiger charge is 2.11. The summed E-state index contributed by atoms with van der Waals surface area (Å²) in [6.45, 7) is 5.27. The first-order valence-electron chi connectivity index (χ1n) is 5.20. The molecule has 0 aromatic heterocycles. The summed E-state index contributed by atoms with van der Waals surface area (Å²) in [7, 11) is 0. The van der Waals surface area contributed by atoms with Gasteiger partial charge in [0.25, 0.3) is 0 Å². The Hall–Kier alpha value is -2.50. The first kappa shape index (κ1) is 13.6. The Kier molecular flexibility index (Phi) is 4.31. The Morgan fingerprint density at radius 3 is 2.61 bits per heavy atom. The lowest BCUT2D eigenvalue weighted by Crippen LogP contribution is -2.34. The lowest BCUT2D eigenvalue weighted by Gasteiger charge is -2.11. The maximum absolute atomic E-state index is 11.4. The van der Waals surface area contributed by atoms with Crippen LogP contribution in [0.3, 0.4) is 0 Å². The van der Waals surface area contributed by atoms with E-state index >= 15 is 0 Å². The SMILES string of the molecule is C=CC(C)NC(=O)Nc1ccc(C(=O)O)c(O)c1. The summed E-state index contributed by atoms with van der Waals surface area (Å²) in [5.41, 5.74) is 0.0756. The second kappa shape index (κ2) is 5.72. The third-order valence-electron chi connectivity index (χ3n) is 2.20. The normalized spacial score (nSPS) is 11.4. The van der Waals surface area contributed by atoms with Gasteiger partial charge in [0.2, 0.25) is 0 Å². The number of carboxylic acids is 1. The Morgan fingerprint density at radius 2 is 2.11 bits per heavy atom. The molecular weight excluding hydrogens is 236 g/mol. The van der Waals surface area contributed by atoms with Crippen molar-refractivity contribution in [1.82, 2.24) is 5.32 Å². The number of carbonyl (C=O) groups is 2. The minimum absolute atomic E-state index is 0.197. The fraction of sp³-hybridized carbons (Fsp3) is 0.167. The molecule has 1 unspecified atom stereocenters. The number of benzene rings is 1. The van der Waals surface area contributed by atoms with E-state index in [1.54, 1.807) is 13.0 Å². The molecule has 1 aromatic rings. The molecule has 0 aliphatic rings. The minimum Gasteiger partial charge on any atom is -0.507 e. The van der Waals surface area contributed by atoms with E-state index in [9.17, 15) is 14.7 Å². The van der Waals surface area contributed by atoms with Crippen LogP contribution in [0.2, 0.25) is 0 Å². The first-order chi connectivity index (χ1) is 8.43. The van der Waals surface area contributed by atoms with Gasteiger partial charge in [-0.05, 0) is 19.1 Å². The highest BCUT2D eigenvalue weighted by molar-refractivity contribution is 5.94. The number of hydrogen-bond acceptors (Lipinski definition) is 3. The predicted octanol–water partition coefficient (Wildman–Crippen LogP) is 1.79. The molecule has 1 rings (SSSR count). The molecule has 6 nitrogen and oxygen atoms in total. The summed E-state index contributed by atoms with van der Waals surface area (Å²) in [5.74, 6) is -1.64. The van der Waals surface area contributed by atoms with Crippen molar-refractivity contribution in [2.75, 3.05) is 5.32 Å². The highest BCUT2D eigenvalue weighted by Crippen LogP contribution is 2.21. The van der Waals surface area contributed by atoms with Gasteiger partial charge in [-0.2, -0.15) is 0 Å². The second-order valence-corrected chi connectivity index (χ2v) is 3.66. The Morgan fingerprint density at radius 1 is 1.44 bits per heavy atom. The number of phenols is 1. The molecule has 2 amide bonds. The number of anilines is 1. The van der Waals surface area contributed by atoms with E-state index in [-0.39, 0.29) is 11.6 Å². The fourth-order valence-electron chi connectivity index (χ4n) is 1.22. The molecular formula is C12H14N2O4. The van der Waals surface area contributed by atoms with Gasteiger partial charge in [-0.3, -0.25) is 0 Å². The van der Waals surface area contributed by atoms with Crippen LogP contribution >= 0.6 is 0 Å². The number of nitrogens with one attached hydrogen (secondary N) is 2. The van der Waals surface area contributed by atoms with E-state index < -0.39 is 17.7 Å². The van der Waals surface area contributed by atoms with Gasteiger partial charge in [-0.15, -0.1) is 6.58 Å². The van der Waals surface area contributed by atoms with E-state index in [0.29, 0.717) is 5.69 Å². The number of rotatable bonds is 4. The van der Waals surface area contributed by atoms with Crippen LogP contribution < -0.4 is 10.6 Å². The van der Waals surface area contributed by atoms with Crippen molar-refractivity contribution >= 4 is 17.7 Å². The van der Waals surface area contributed by atoms with E-state index in [2.05, 4.69) is 17.2 Å². The standard InChI is InChI=1S/C12H14N2O4/c1-3-7(2)13-12(18)14-8-4-5-9(11(16)17)10(15)6-8/h3-7,15H,1H2,2H3,(H,16,17)(H2,13,14,18). The maximum Gasteiger partial charge on any atom is 0.339 e. The predicted molar refractivity (Wildman–Crippen MR) is 66.9 cm³/mol. The molecule has 96 valence electrons. The van der Waals surface area contributed by atoms with Gasteiger partial charge in [0.1, 0.15) is 11.3 Å². The van der Waals surface area contributed by atoms with Crippen LogP contribution in [0.5, 0.6) is 5.75 Å². The maximum atomic E-state index is 11.4. The summed E-state index contributed by atoms with van der Waals surface area (Å²) in [6, 6.07) is 3.11. The molecule has 0 fully saturated rings. The molecule has 0 saturated carbocycles. The van der Waals surface area contributed by atoms with E-state index in [1.807, 2.05) is 0 Å². The lowest BCUT2D eigenvalue weighted by molar-refractivity contribution is 0.0694. The van der Waals surface area contributed by atoms with Crippen LogP contribution in [0.4, 0.5) is 10.5 Å². The lowest BCUT2D eigenvalue weighted by atomic mass is 10.2. The molecule has 0 bridgehead atoms. The van der Waals surface area contributed by atoms with Crippen LogP contribution in [-0.2, 0) is 0 Å². The number of amides is 2. The van der Waals surface area contributed by atoms with Gasteiger partial charge in [0.15, 0.2) is 0 Å². The number of hydrogen-bond donors (Lipinski definition) is 4. The molecule has 0 aliphatic heterocycles. The largest absolute Gasteiger partial charge is 0.507 e. The number of carboxylic acid groups (broad SMARTS) is 1. The van der Waals surface area contributed by atoms with E-state index in [1.165, 1.54) is 18.2 Å². The fourth-order valence-corrected chi connectivity index (χ4v) is 1.22. The molecule has 0 spiro atoms. The Balaban J connectivity index is 2.74. The Labute approximate surface area is 104 Å². The quantitative estimate of drug-likeness (QED) is 0.612. The smallest absolute Gasteiger partial charge is 0.339 e. The third-order valence-corrected chi connectivity index (χ3v) is 2.20. The zero-order valence-electron chi connectivity index (χ0n) is 9.80. The summed E-state index contributed by atoms with van der Waals surface area (Å²) in [5, 5.41) is 23.2. The van der Waals surface area contributed by atoms with Gasteiger partial charge >= 0.3 is 12.0 Å². The highest BCUT2D eigenvalue weighted by atomic mass is 16.4. The van der Waals surface area contributed by atoms with Crippen molar-refractivity contribution in [3.05, 3.63) is 36.4 Å². The summed E-state index contributed by atoms with van der Waals surface area (Å²) in [4.78, 5) is 22.1. The van der Waals surface area contributed by atoms with Crippen molar-refractivity contribution in [3.8, 4) is 5.75 Å². The van der Waals surface area contributed by atoms with Gasteiger partial charge in [0, 0.05) is 17.8 Å². The number of aromatic hydroxyl groups is 1. The van der Waals surface area contributed by atoms with Gasteiger partial charge in [-0.25, -0.2) is 9.59 Å². The zero-order chi connectivity index (χ0) is 13.7. The molecule has 0 radical (unpaired) electrons. The van der Waals surface area contributed by atoms with E-state index in [0.717, 1.165) is 0 Å². The summed E-state index contributed by atoms with van der Waals surface area (Å²) < 4.78 is 0. The van der Waals surface area contributed by atoms with Gasteiger partial charge < -0.3 is 20.8 Å². The molecule has 1 aromatic carbocycles. The zero-order valence-corrected chi connectivity index (χ0v) is 9.80. The molecule has 18 heavy (non-hydrogen) atoms. The number of aromatic carboxylic acids is 1. The van der Waals surface area contributed by atoms with Gasteiger partial charge in [0.05, 0.1) is 0 Å². The van der Waals surface area contributed by atoms with Crippen molar-refractivity contribution in [2.24, 2.45) is 0 Å². The second-order valence-electron chi connectivity index (χ2n) is 3.66. The summed E-state index contributed by atoms with van der Waals surface area (Å²) in [6.07, 6.45) is 1.56. The first-order valence-corrected chi connectivity index (χ1v) is 5.20. The van der Waals surface area contributed by atoms with Crippen LogP contribution in [0.15, 0.2) is 30.9 Å². The monoisotopic (exact) mass is 250 g/mol. The van der Waals surface area contributed by atoms with Gasteiger partial charge in [-0.1, -0.05) is 6.08 Å². The van der Waals surface area contributed by atoms with Crippen molar-refractivity contribution in [2.45, 2.75) is 13.0 Å². The minimum atomic E-state index is -1.23. The molecule has 0 heterocycles. The van der Waals surface area contributed by atoms with Crippen LogP contribution in [0.1, 0.15) is 17.3 Å². The Bertz CT molecular complexity index is 485. The van der Waals surface area contributed by atoms with Crippen molar-refractivity contribution < 1.29 is 19.8 Å². The van der Waals surface area contributed by atoms with Crippen molar-refractivity contribution in [1.29, 1.82) is 0 Å². The molecule has 4 N–H and O–H groups in total. The molecule has 0 aliphatic carbocycles. The third kappa shape index (κ3) is 3.51. The number of urea groups is 1. The van der Waals surface area contributed by atoms with E-state index in [4.69, 9.17) is 5.11 Å². The average molecular weight is 250 g/mol. The van der Waals surface area contributed by atoms with Crippen molar-refractivity contribution in [3.63, 3.8) is 0 Å². The van der Waals surface area contributed by atoms with Crippen LogP contribution in [0.25, 0.3) is 0 Å². The molecule has 0 saturated heterocycles. The molecule has 1 atom stereocenters. The van der Waals surface area contributed by atoms with Crippen LogP contribution in [0, 0.1) is 0 Å². The summed E-state index contributed by atoms with van der Waals surface area (Å²) >= 11 is 0. The topological polar surface area (TPSA) is 98.7 Å². The molecule has 6 heteroatoms. The average Bonchev–Trinajstić information content (AvgIpc) is 2.28. The number of carbonyl (C=O) groups excluding carboxylic acids is 1.